The number of para-hydroxylation sites is 1. The van der Waals surface area contributed by atoms with Gasteiger partial charge in [-0.2, -0.15) is 9.90 Å². The average molecular weight is 284 g/mol. The minimum absolute atomic E-state index is 0.0718. The summed E-state index contributed by atoms with van der Waals surface area (Å²) < 4.78 is 0. The number of benzene rings is 1. The summed E-state index contributed by atoms with van der Waals surface area (Å²) in [5.41, 5.74) is 1.97. The molecular formula is C14H12N4OS. The Balaban J connectivity index is 1.78. The number of carbonyl (C=O) groups excluding carboxylic acids is 1. The number of ketones is 1. The van der Waals surface area contributed by atoms with Crippen LogP contribution in [0.15, 0.2) is 41.9 Å². The van der Waals surface area contributed by atoms with E-state index < -0.39 is 0 Å². The van der Waals surface area contributed by atoms with E-state index in [2.05, 4.69) is 15.2 Å². The lowest BCUT2D eigenvalue weighted by atomic mass is 10.2. The zero-order chi connectivity index (χ0) is 13.9. The first-order chi connectivity index (χ1) is 9.72. The molecule has 2 heterocycles. The highest BCUT2D eigenvalue weighted by molar-refractivity contribution is 7.09. The van der Waals surface area contributed by atoms with Crippen molar-refractivity contribution in [1.82, 2.24) is 20.0 Å². The molecule has 0 fully saturated rings. The molecule has 2 aromatic heterocycles. The monoisotopic (exact) mass is 284 g/mol. The first-order valence-corrected chi connectivity index (χ1v) is 7.02. The Kier molecular flexibility index (Phi) is 3.39. The van der Waals surface area contributed by atoms with Gasteiger partial charge in [-0.1, -0.05) is 18.2 Å². The van der Waals surface area contributed by atoms with Gasteiger partial charge in [0.25, 0.3) is 0 Å². The van der Waals surface area contributed by atoms with Gasteiger partial charge in [0.05, 0.1) is 29.0 Å². The smallest absolute Gasteiger partial charge is 0.190 e. The zero-order valence-corrected chi connectivity index (χ0v) is 11.7. The molecule has 20 heavy (non-hydrogen) atoms. The van der Waals surface area contributed by atoms with E-state index >= 15 is 0 Å². The predicted molar refractivity (Wildman–Crippen MR) is 76.2 cm³/mol. The van der Waals surface area contributed by atoms with Gasteiger partial charge < -0.3 is 0 Å². The van der Waals surface area contributed by atoms with Crippen molar-refractivity contribution in [3.8, 4) is 5.69 Å². The van der Waals surface area contributed by atoms with Crippen molar-refractivity contribution in [2.75, 3.05) is 0 Å². The molecule has 0 amide bonds. The van der Waals surface area contributed by atoms with Crippen LogP contribution in [0.4, 0.5) is 0 Å². The van der Waals surface area contributed by atoms with E-state index in [4.69, 9.17) is 0 Å². The number of aryl methyl sites for hydroxylation is 1. The molecule has 0 saturated carbocycles. The molecule has 100 valence electrons. The van der Waals surface area contributed by atoms with Crippen molar-refractivity contribution in [3.05, 3.63) is 58.3 Å². The van der Waals surface area contributed by atoms with Crippen LogP contribution in [-0.4, -0.2) is 25.8 Å². The highest BCUT2D eigenvalue weighted by Gasteiger charge is 2.13. The fraction of sp³-hybridized carbons (Fsp3) is 0.143. The van der Waals surface area contributed by atoms with Crippen LogP contribution in [0.1, 0.15) is 21.2 Å². The van der Waals surface area contributed by atoms with Crippen molar-refractivity contribution in [3.63, 3.8) is 0 Å². The highest BCUT2D eigenvalue weighted by Crippen LogP contribution is 2.11. The zero-order valence-electron chi connectivity index (χ0n) is 10.9. The fourth-order valence-corrected chi connectivity index (χ4v) is 2.43. The van der Waals surface area contributed by atoms with E-state index in [9.17, 15) is 4.79 Å². The van der Waals surface area contributed by atoms with Gasteiger partial charge >= 0.3 is 0 Å². The topological polar surface area (TPSA) is 60.7 Å². The van der Waals surface area contributed by atoms with E-state index in [-0.39, 0.29) is 12.2 Å². The molecule has 3 aromatic rings. The molecule has 0 radical (unpaired) electrons. The Labute approximate surface area is 119 Å². The van der Waals surface area contributed by atoms with Gasteiger partial charge in [-0.3, -0.25) is 4.79 Å². The SMILES string of the molecule is Cc1nc(CC(=O)c2cnn(-c3ccccc3)n2)cs1. The highest BCUT2D eigenvalue weighted by atomic mass is 32.1. The number of nitrogens with zero attached hydrogens (tertiary/aromatic N) is 4. The van der Waals surface area contributed by atoms with Crippen LogP contribution in [0.5, 0.6) is 0 Å². The summed E-state index contributed by atoms with van der Waals surface area (Å²) in [5.74, 6) is -0.0718. The molecule has 0 bridgehead atoms. The molecule has 6 heteroatoms. The Bertz CT molecular complexity index is 732. The third kappa shape index (κ3) is 2.65. The Hall–Kier alpha value is -2.34. The molecule has 0 atom stereocenters. The van der Waals surface area contributed by atoms with Crippen LogP contribution in [0.3, 0.4) is 0 Å². The molecule has 0 aliphatic carbocycles. The molecule has 0 spiro atoms. The summed E-state index contributed by atoms with van der Waals surface area (Å²) in [7, 11) is 0. The van der Waals surface area contributed by atoms with Crippen LogP contribution in [-0.2, 0) is 6.42 Å². The molecule has 1 aromatic carbocycles. The van der Waals surface area contributed by atoms with Crippen molar-refractivity contribution < 1.29 is 4.79 Å². The predicted octanol–water partition coefficient (Wildman–Crippen LogP) is 2.46. The number of hydrogen-bond acceptors (Lipinski definition) is 5. The number of Topliss-reactive ketones (excluding diaryl/α,β-unsaturated/α-hetero) is 1. The molecule has 3 rings (SSSR count). The van der Waals surface area contributed by atoms with E-state index in [1.807, 2.05) is 42.6 Å². The Morgan fingerprint density at radius 2 is 2.10 bits per heavy atom. The molecule has 0 unspecified atom stereocenters. The molecule has 0 aliphatic heterocycles. The maximum atomic E-state index is 12.1. The van der Waals surface area contributed by atoms with Gasteiger partial charge in [-0.05, 0) is 19.1 Å². The van der Waals surface area contributed by atoms with Crippen LogP contribution in [0.25, 0.3) is 5.69 Å². The molecule has 0 aliphatic rings. The number of rotatable bonds is 4. The summed E-state index contributed by atoms with van der Waals surface area (Å²) in [6, 6.07) is 9.50. The summed E-state index contributed by atoms with van der Waals surface area (Å²) in [5, 5.41) is 11.2. The summed E-state index contributed by atoms with van der Waals surface area (Å²) in [6.45, 7) is 1.92. The standard InChI is InChI=1S/C14H12N4OS/c1-10-16-11(9-20-10)7-14(19)13-8-15-18(17-13)12-5-3-2-4-6-12/h2-6,8-9H,7H2,1H3. The second kappa shape index (κ2) is 5.34. The maximum absolute atomic E-state index is 12.1. The number of hydrogen-bond donors (Lipinski definition) is 0. The van der Waals surface area contributed by atoms with Gasteiger partial charge in [0.15, 0.2) is 5.78 Å². The van der Waals surface area contributed by atoms with Gasteiger partial charge in [0, 0.05) is 5.38 Å². The lowest BCUT2D eigenvalue weighted by Gasteiger charge is -1.97. The Morgan fingerprint density at radius 3 is 2.80 bits per heavy atom. The molecular weight excluding hydrogens is 272 g/mol. The maximum Gasteiger partial charge on any atom is 0.190 e. The second-order valence-corrected chi connectivity index (χ2v) is 5.37. The second-order valence-electron chi connectivity index (χ2n) is 4.31. The van der Waals surface area contributed by atoms with Crippen molar-refractivity contribution in [1.29, 1.82) is 0 Å². The van der Waals surface area contributed by atoms with Gasteiger partial charge in [-0.15, -0.1) is 16.4 Å². The van der Waals surface area contributed by atoms with Crippen molar-refractivity contribution in [2.24, 2.45) is 0 Å². The number of carbonyl (C=O) groups is 1. The van der Waals surface area contributed by atoms with E-state index in [0.29, 0.717) is 5.69 Å². The number of aromatic nitrogens is 4. The first kappa shape index (κ1) is 12.7. The van der Waals surface area contributed by atoms with Crippen LogP contribution in [0.2, 0.25) is 0 Å². The van der Waals surface area contributed by atoms with Gasteiger partial charge in [-0.25, -0.2) is 4.98 Å². The van der Waals surface area contributed by atoms with E-state index in [0.717, 1.165) is 16.4 Å². The van der Waals surface area contributed by atoms with E-state index in [1.54, 1.807) is 0 Å². The largest absolute Gasteiger partial charge is 0.292 e. The third-order valence-electron chi connectivity index (χ3n) is 2.77. The molecule has 0 saturated heterocycles. The fourth-order valence-electron chi connectivity index (χ4n) is 1.82. The Morgan fingerprint density at radius 1 is 1.30 bits per heavy atom. The lowest BCUT2D eigenvalue weighted by Crippen LogP contribution is -2.06. The summed E-state index contributed by atoms with van der Waals surface area (Å²) in [4.78, 5) is 17.9. The first-order valence-electron chi connectivity index (χ1n) is 6.14. The molecule has 5 nitrogen and oxygen atoms in total. The van der Waals surface area contributed by atoms with Crippen molar-refractivity contribution >= 4 is 17.1 Å². The van der Waals surface area contributed by atoms with Crippen LogP contribution in [0, 0.1) is 6.92 Å². The summed E-state index contributed by atoms with van der Waals surface area (Å²) in [6.07, 6.45) is 1.76. The van der Waals surface area contributed by atoms with E-state index in [1.165, 1.54) is 22.3 Å². The van der Waals surface area contributed by atoms with Crippen molar-refractivity contribution in [2.45, 2.75) is 13.3 Å². The molecule has 0 N–H and O–H groups in total. The minimum Gasteiger partial charge on any atom is -0.292 e. The average Bonchev–Trinajstić information content (AvgIpc) is 3.09. The van der Waals surface area contributed by atoms with Gasteiger partial charge in [0.2, 0.25) is 0 Å². The number of thiazole rings is 1. The van der Waals surface area contributed by atoms with Crippen LogP contribution >= 0.6 is 11.3 Å². The quantitative estimate of drug-likeness (QED) is 0.690. The summed E-state index contributed by atoms with van der Waals surface area (Å²) >= 11 is 1.54. The third-order valence-corrected chi connectivity index (χ3v) is 3.60. The lowest BCUT2D eigenvalue weighted by molar-refractivity contribution is 0.0987. The van der Waals surface area contributed by atoms with Gasteiger partial charge in [0.1, 0.15) is 5.69 Å². The normalized spacial score (nSPS) is 10.7. The minimum atomic E-state index is -0.0718. The van der Waals surface area contributed by atoms with Crippen LogP contribution < -0.4 is 0 Å².